The smallest absolute Gasteiger partial charge is 0.168 e. The molecule has 2 nitrogen and oxygen atoms in total. The van der Waals surface area contributed by atoms with Crippen LogP contribution in [0.25, 0.3) is 0 Å². The molecule has 1 aromatic rings. The van der Waals surface area contributed by atoms with Crippen LogP contribution in [-0.4, -0.2) is 23.2 Å². The van der Waals surface area contributed by atoms with Gasteiger partial charge in [0.05, 0.1) is 5.75 Å². The lowest BCUT2D eigenvalue weighted by Crippen LogP contribution is -2.05. The quantitative estimate of drug-likeness (QED) is 0.714. The lowest BCUT2D eigenvalue weighted by molar-refractivity contribution is -0.119. The molecule has 1 aromatic carbocycles. The summed E-state index contributed by atoms with van der Waals surface area (Å²) in [7, 11) is 0. The van der Waals surface area contributed by atoms with Gasteiger partial charge < -0.3 is 5.11 Å². The molecular formula is C9H10O2S. The molecule has 0 unspecified atom stereocenters. The van der Waals surface area contributed by atoms with E-state index in [0.29, 0.717) is 5.75 Å². The summed E-state index contributed by atoms with van der Waals surface area (Å²) in [6.07, 6.45) is 0. The number of hydrogen-bond acceptors (Lipinski definition) is 3. The van der Waals surface area contributed by atoms with Gasteiger partial charge in [0.1, 0.15) is 6.61 Å². The van der Waals surface area contributed by atoms with Crippen LogP contribution in [0.3, 0.4) is 0 Å². The van der Waals surface area contributed by atoms with Crippen LogP contribution in [0.5, 0.6) is 0 Å². The Balaban J connectivity index is 2.38. The molecule has 0 amide bonds. The first-order valence-electron chi connectivity index (χ1n) is 3.63. The molecule has 1 N–H and O–H groups in total. The average molecular weight is 182 g/mol. The minimum absolute atomic E-state index is 0.135. The zero-order valence-electron chi connectivity index (χ0n) is 6.56. The number of ketones is 1. The zero-order valence-corrected chi connectivity index (χ0v) is 7.38. The van der Waals surface area contributed by atoms with Crippen LogP contribution in [0.1, 0.15) is 0 Å². The molecule has 12 heavy (non-hydrogen) atoms. The van der Waals surface area contributed by atoms with E-state index < -0.39 is 0 Å². The van der Waals surface area contributed by atoms with E-state index in [1.807, 2.05) is 30.3 Å². The Bertz CT molecular complexity index is 246. The van der Waals surface area contributed by atoms with Crippen molar-refractivity contribution >= 4 is 17.5 Å². The number of Topliss-reactive ketones (excluding diaryl/α,β-unsaturated/α-hetero) is 1. The predicted molar refractivity (Wildman–Crippen MR) is 49.3 cm³/mol. The number of aliphatic hydroxyl groups excluding tert-OH is 1. The summed E-state index contributed by atoms with van der Waals surface area (Å²) in [6, 6.07) is 9.65. The molecule has 0 heterocycles. The van der Waals surface area contributed by atoms with Gasteiger partial charge in [-0.05, 0) is 12.1 Å². The first kappa shape index (κ1) is 9.29. The van der Waals surface area contributed by atoms with Gasteiger partial charge in [0.15, 0.2) is 5.78 Å². The van der Waals surface area contributed by atoms with E-state index in [9.17, 15) is 4.79 Å². The van der Waals surface area contributed by atoms with Crippen molar-refractivity contribution in [1.82, 2.24) is 0 Å². The summed E-state index contributed by atoms with van der Waals surface area (Å²) < 4.78 is 0. The minimum atomic E-state index is -0.361. The van der Waals surface area contributed by atoms with Crippen LogP contribution in [0.4, 0.5) is 0 Å². The summed E-state index contributed by atoms with van der Waals surface area (Å²) in [6.45, 7) is -0.361. The standard InChI is InChI=1S/C9H10O2S/c10-6-8(11)7-12-9-4-2-1-3-5-9/h1-5,10H,6-7H2. The zero-order chi connectivity index (χ0) is 8.81. The second kappa shape index (κ2) is 4.95. The second-order valence-electron chi connectivity index (χ2n) is 2.30. The van der Waals surface area contributed by atoms with Crippen molar-refractivity contribution < 1.29 is 9.90 Å². The highest BCUT2D eigenvalue weighted by atomic mass is 32.2. The Kier molecular flexibility index (Phi) is 3.84. The van der Waals surface area contributed by atoms with E-state index in [1.54, 1.807) is 0 Å². The van der Waals surface area contributed by atoms with Gasteiger partial charge in [0, 0.05) is 4.90 Å². The van der Waals surface area contributed by atoms with Gasteiger partial charge in [0.25, 0.3) is 0 Å². The summed E-state index contributed by atoms with van der Waals surface area (Å²) in [5.74, 6) is 0.212. The molecule has 0 saturated carbocycles. The van der Waals surface area contributed by atoms with E-state index in [2.05, 4.69) is 0 Å². The van der Waals surface area contributed by atoms with E-state index in [1.165, 1.54) is 11.8 Å². The molecule has 0 saturated heterocycles. The Morgan fingerprint density at radius 2 is 2.00 bits per heavy atom. The fourth-order valence-electron chi connectivity index (χ4n) is 0.726. The van der Waals surface area contributed by atoms with Crippen LogP contribution in [0.15, 0.2) is 35.2 Å². The minimum Gasteiger partial charge on any atom is -0.389 e. The van der Waals surface area contributed by atoms with Crippen molar-refractivity contribution in [3.8, 4) is 0 Å². The SMILES string of the molecule is O=C(CO)CSc1ccccc1. The number of hydrogen-bond donors (Lipinski definition) is 1. The monoisotopic (exact) mass is 182 g/mol. The Morgan fingerprint density at radius 1 is 1.33 bits per heavy atom. The first-order chi connectivity index (χ1) is 5.83. The van der Waals surface area contributed by atoms with Crippen molar-refractivity contribution in [1.29, 1.82) is 0 Å². The molecule has 0 aliphatic carbocycles. The van der Waals surface area contributed by atoms with Gasteiger partial charge in [0.2, 0.25) is 0 Å². The van der Waals surface area contributed by atoms with Crippen molar-refractivity contribution in [2.45, 2.75) is 4.90 Å². The van der Waals surface area contributed by atoms with Gasteiger partial charge in [-0.25, -0.2) is 0 Å². The third-order valence-corrected chi connectivity index (χ3v) is 2.39. The number of rotatable bonds is 4. The molecule has 0 aliphatic heterocycles. The Hall–Kier alpha value is -0.800. The largest absolute Gasteiger partial charge is 0.389 e. The molecule has 0 radical (unpaired) electrons. The summed E-state index contributed by atoms with van der Waals surface area (Å²) >= 11 is 1.44. The van der Waals surface area contributed by atoms with E-state index in [-0.39, 0.29) is 12.4 Å². The normalized spacial score (nSPS) is 9.75. The predicted octanol–water partition coefficient (Wildman–Crippen LogP) is 1.34. The number of carbonyl (C=O) groups is 1. The fourth-order valence-corrected chi connectivity index (χ4v) is 1.49. The summed E-state index contributed by atoms with van der Waals surface area (Å²) in [4.78, 5) is 11.8. The fraction of sp³-hybridized carbons (Fsp3) is 0.222. The molecule has 0 spiro atoms. The lowest BCUT2D eigenvalue weighted by Gasteiger charge is -1.97. The molecule has 0 bridgehead atoms. The Labute approximate surface area is 75.6 Å². The second-order valence-corrected chi connectivity index (χ2v) is 3.35. The van der Waals surface area contributed by atoms with E-state index in [4.69, 9.17) is 5.11 Å². The van der Waals surface area contributed by atoms with Crippen LogP contribution in [0.2, 0.25) is 0 Å². The van der Waals surface area contributed by atoms with E-state index in [0.717, 1.165) is 4.90 Å². The van der Waals surface area contributed by atoms with Crippen LogP contribution in [-0.2, 0) is 4.79 Å². The highest BCUT2D eigenvalue weighted by Gasteiger charge is 1.99. The molecule has 0 atom stereocenters. The molecule has 3 heteroatoms. The molecular weight excluding hydrogens is 172 g/mol. The van der Waals surface area contributed by atoms with Crippen molar-refractivity contribution in [3.05, 3.63) is 30.3 Å². The summed E-state index contributed by atoms with van der Waals surface area (Å²) in [5, 5.41) is 8.45. The maximum atomic E-state index is 10.7. The van der Waals surface area contributed by atoms with Crippen molar-refractivity contribution in [2.75, 3.05) is 12.4 Å². The van der Waals surface area contributed by atoms with Crippen molar-refractivity contribution in [3.63, 3.8) is 0 Å². The maximum Gasteiger partial charge on any atom is 0.168 e. The van der Waals surface area contributed by atoms with Crippen molar-refractivity contribution in [2.24, 2.45) is 0 Å². The highest BCUT2D eigenvalue weighted by Crippen LogP contribution is 2.16. The molecule has 0 aromatic heterocycles. The summed E-state index contributed by atoms with van der Waals surface area (Å²) in [5.41, 5.74) is 0. The number of thioether (sulfide) groups is 1. The van der Waals surface area contributed by atoms with Gasteiger partial charge in [-0.1, -0.05) is 18.2 Å². The average Bonchev–Trinajstić information content (AvgIpc) is 2.16. The van der Waals surface area contributed by atoms with Gasteiger partial charge >= 0.3 is 0 Å². The highest BCUT2D eigenvalue weighted by molar-refractivity contribution is 8.00. The van der Waals surface area contributed by atoms with Gasteiger partial charge in [-0.2, -0.15) is 0 Å². The number of benzene rings is 1. The number of carbonyl (C=O) groups excluding carboxylic acids is 1. The third-order valence-electron chi connectivity index (χ3n) is 1.32. The van der Waals surface area contributed by atoms with Crippen LogP contribution in [0, 0.1) is 0 Å². The van der Waals surface area contributed by atoms with Gasteiger partial charge in [-0.3, -0.25) is 4.79 Å². The molecule has 0 aliphatic rings. The van der Waals surface area contributed by atoms with Crippen LogP contribution >= 0.6 is 11.8 Å². The third kappa shape index (κ3) is 3.07. The first-order valence-corrected chi connectivity index (χ1v) is 4.62. The van der Waals surface area contributed by atoms with E-state index >= 15 is 0 Å². The number of aliphatic hydroxyl groups is 1. The lowest BCUT2D eigenvalue weighted by atomic mass is 10.4. The molecule has 0 fully saturated rings. The van der Waals surface area contributed by atoms with Crippen LogP contribution < -0.4 is 0 Å². The Morgan fingerprint density at radius 3 is 2.58 bits per heavy atom. The van der Waals surface area contributed by atoms with Gasteiger partial charge in [-0.15, -0.1) is 11.8 Å². The molecule has 1 rings (SSSR count). The topological polar surface area (TPSA) is 37.3 Å². The maximum absolute atomic E-state index is 10.7. The molecule has 64 valence electrons.